The van der Waals surface area contributed by atoms with Crippen LogP contribution in [0.1, 0.15) is 28.9 Å². The van der Waals surface area contributed by atoms with Crippen molar-refractivity contribution in [2.45, 2.75) is 19.3 Å². The number of aromatic amines is 1. The van der Waals surface area contributed by atoms with Crippen LogP contribution in [0.2, 0.25) is 0 Å². The Bertz CT molecular complexity index is 629. The van der Waals surface area contributed by atoms with Crippen LogP contribution in [0.25, 0.3) is 11.3 Å². The molecule has 0 radical (unpaired) electrons. The van der Waals surface area contributed by atoms with Crippen molar-refractivity contribution >= 4 is 21.9 Å². The highest BCUT2D eigenvalue weighted by Gasteiger charge is 2.25. The summed E-state index contributed by atoms with van der Waals surface area (Å²) in [4.78, 5) is 14.3. The molecule has 0 amide bonds. The topological polar surface area (TPSA) is 53.1 Å². The number of carboxylic acids is 1. The fourth-order valence-corrected chi connectivity index (χ4v) is 2.69. The maximum Gasteiger partial charge on any atom is 0.352 e. The average molecular weight is 320 g/mol. The van der Waals surface area contributed by atoms with Crippen molar-refractivity contribution in [2.75, 3.05) is 0 Å². The average Bonchev–Trinajstić information content (AvgIpc) is 3.06. The Labute approximate surface area is 119 Å². The minimum Gasteiger partial charge on any atom is -0.477 e. The molecule has 0 unspecified atom stereocenters. The molecule has 1 fully saturated rings. The molecule has 1 saturated carbocycles. The number of halogens is 1. The first kappa shape index (κ1) is 12.5. The lowest BCUT2D eigenvalue weighted by atomic mass is 10.1. The van der Waals surface area contributed by atoms with Crippen molar-refractivity contribution in [3.05, 3.63) is 46.1 Å². The summed E-state index contributed by atoms with van der Waals surface area (Å²) >= 11 is 3.43. The van der Waals surface area contributed by atoms with Crippen LogP contribution in [0, 0.1) is 5.92 Å². The zero-order valence-corrected chi connectivity index (χ0v) is 11.9. The second-order valence-electron chi connectivity index (χ2n) is 5.05. The first-order valence-electron chi connectivity index (χ1n) is 6.34. The molecule has 0 bridgehead atoms. The highest BCUT2D eigenvalue weighted by molar-refractivity contribution is 9.10. The van der Waals surface area contributed by atoms with Gasteiger partial charge >= 0.3 is 5.97 Å². The third-order valence-corrected chi connectivity index (χ3v) is 3.95. The van der Waals surface area contributed by atoms with Crippen molar-refractivity contribution in [3.63, 3.8) is 0 Å². The monoisotopic (exact) mass is 319 g/mol. The fourth-order valence-electron chi connectivity index (χ4n) is 2.29. The van der Waals surface area contributed by atoms with Gasteiger partial charge < -0.3 is 10.1 Å². The van der Waals surface area contributed by atoms with E-state index in [-0.39, 0.29) is 0 Å². The Balaban J connectivity index is 1.99. The first-order chi connectivity index (χ1) is 9.13. The normalized spacial score (nSPS) is 14.6. The number of H-pyrrole nitrogens is 1. The summed E-state index contributed by atoms with van der Waals surface area (Å²) in [5, 5.41) is 9.27. The lowest BCUT2D eigenvalue weighted by Crippen LogP contribution is -2.01. The molecule has 3 nitrogen and oxygen atoms in total. The summed E-state index contributed by atoms with van der Waals surface area (Å²) in [7, 11) is 0. The zero-order valence-electron chi connectivity index (χ0n) is 10.3. The van der Waals surface area contributed by atoms with Gasteiger partial charge in [-0.1, -0.05) is 28.1 Å². The minimum absolute atomic E-state index is 0.335. The van der Waals surface area contributed by atoms with Crippen LogP contribution in [0.3, 0.4) is 0 Å². The van der Waals surface area contributed by atoms with E-state index < -0.39 is 5.97 Å². The molecule has 1 heterocycles. The molecule has 19 heavy (non-hydrogen) atoms. The zero-order chi connectivity index (χ0) is 13.4. The van der Waals surface area contributed by atoms with Gasteiger partial charge in [-0.05, 0) is 54.5 Å². The molecule has 4 heteroatoms. The van der Waals surface area contributed by atoms with Crippen LogP contribution >= 0.6 is 15.9 Å². The summed E-state index contributed by atoms with van der Waals surface area (Å²) in [5.41, 5.74) is 3.13. The highest BCUT2D eigenvalue weighted by atomic mass is 79.9. The number of benzene rings is 1. The molecule has 1 aromatic carbocycles. The molecular weight excluding hydrogens is 306 g/mol. The van der Waals surface area contributed by atoms with E-state index in [1.807, 2.05) is 30.3 Å². The van der Waals surface area contributed by atoms with E-state index in [1.54, 1.807) is 0 Å². The lowest BCUT2D eigenvalue weighted by molar-refractivity contribution is 0.0690. The maximum absolute atomic E-state index is 11.3. The van der Waals surface area contributed by atoms with Crippen LogP contribution in [0.5, 0.6) is 0 Å². The fraction of sp³-hybridized carbons (Fsp3) is 0.267. The number of aromatic carboxylic acids is 1. The van der Waals surface area contributed by atoms with Gasteiger partial charge in [0.2, 0.25) is 0 Å². The second kappa shape index (κ2) is 4.85. The Morgan fingerprint density at radius 2 is 2.16 bits per heavy atom. The quantitative estimate of drug-likeness (QED) is 0.891. The van der Waals surface area contributed by atoms with Gasteiger partial charge in [0.1, 0.15) is 5.69 Å². The number of hydrogen-bond acceptors (Lipinski definition) is 1. The van der Waals surface area contributed by atoms with Crippen molar-refractivity contribution in [1.29, 1.82) is 0 Å². The van der Waals surface area contributed by atoms with Gasteiger partial charge in [0.25, 0.3) is 0 Å². The molecule has 1 aliphatic carbocycles. The Morgan fingerprint density at radius 3 is 2.79 bits per heavy atom. The predicted molar refractivity (Wildman–Crippen MR) is 77.3 cm³/mol. The van der Waals surface area contributed by atoms with Crippen molar-refractivity contribution in [1.82, 2.24) is 4.98 Å². The van der Waals surface area contributed by atoms with Crippen molar-refractivity contribution < 1.29 is 9.90 Å². The molecule has 2 aromatic rings. The molecule has 0 saturated heterocycles. The van der Waals surface area contributed by atoms with E-state index in [4.69, 9.17) is 0 Å². The third kappa shape index (κ3) is 2.73. The van der Waals surface area contributed by atoms with E-state index in [9.17, 15) is 9.90 Å². The summed E-state index contributed by atoms with van der Waals surface area (Å²) < 4.78 is 0.986. The van der Waals surface area contributed by atoms with Crippen LogP contribution in [0.4, 0.5) is 0 Å². The molecule has 1 aromatic heterocycles. The molecule has 1 aliphatic rings. The Morgan fingerprint density at radius 1 is 1.37 bits per heavy atom. The minimum atomic E-state index is -0.878. The number of carbonyl (C=O) groups is 1. The molecule has 0 spiro atoms. The summed E-state index contributed by atoms with van der Waals surface area (Å²) in [6, 6.07) is 9.84. The number of carboxylic acid groups (broad SMARTS) is 1. The summed E-state index contributed by atoms with van der Waals surface area (Å²) in [5.74, 6) is -0.207. The maximum atomic E-state index is 11.3. The van der Waals surface area contributed by atoms with Crippen LogP contribution < -0.4 is 0 Å². The number of aromatic nitrogens is 1. The largest absolute Gasteiger partial charge is 0.477 e. The molecule has 3 rings (SSSR count). The van der Waals surface area contributed by atoms with Gasteiger partial charge in [-0.3, -0.25) is 0 Å². The molecular formula is C15H14BrNO2. The summed E-state index contributed by atoms with van der Waals surface area (Å²) in [6.07, 6.45) is 3.30. The van der Waals surface area contributed by atoms with Gasteiger partial charge in [0, 0.05) is 10.2 Å². The molecule has 2 N–H and O–H groups in total. The standard InChI is InChI=1S/C15H14BrNO2/c16-12-3-1-2-10(7-12)13-8-11(6-9-4-5-9)14(17-13)15(18)19/h1-3,7-9,17H,4-6H2,(H,18,19). The van der Waals surface area contributed by atoms with E-state index >= 15 is 0 Å². The van der Waals surface area contributed by atoms with Crippen molar-refractivity contribution in [2.24, 2.45) is 5.92 Å². The summed E-state index contributed by atoms with van der Waals surface area (Å²) in [6.45, 7) is 0. The van der Waals surface area contributed by atoms with Gasteiger partial charge in [0.05, 0.1) is 0 Å². The van der Waals surface area contributed by atoms with E-state index in [0.29, 0.717) is 11.6 Å². The number of rotatable bonds is 4. The van der Waals surface area contributed by atoms with E-state index in [0.717, 1.165) is 27.7 Å². The van der Waals surface area contributed by atoms with E-state index in [2.05, 4.69) is 20.9 Å². The Hall–Kier alpha value is -1.55. The first-order valence-corrected chi connectivity index (χ1v) is 7.14. The molecule has 98 valence electrons. The van der Waals surface area contributed by atoms with Gasteiger partial charge in [0.15, 0.2) is 0 Å². The van der Waals surface area contributed by atoms with E-state index in [1.165, 1.54) is 12.8 Å². The number of hydrogen-bond donors (Lipinski definition) is 2. The van der Waals surface area contributed by atoms with Crippen molar-refractivity contribution in [3.8, 4) is 11.3 Å². The third-order valence-electron chi connectivity index (χ3n) is 3.45. The van der Waals surface area contributed by atoms with Gasteiger partial charge in [-0.15, -0.1) is 0 Å². The van der Waals surface area contributed by atoms with Gasteiger partial charge in [-0.25, -0.2) is 4.79 Å². The molecule has 0 atom stereocenters. The number of nitrogens with one attached hydrogen (secondary N) is 1. The Kier molecular flexibility index (Phi) is 3.19. The molecule has 0 aliphatic heterocycles. The van der Waals surface area contributed by atoms with Crippen LogP contribution in [0.15, 0.2) is 34.8 Å². The SMILES string of the molecule is O=C(O)c1[nH]c(-c2cccc(Br)c2)cc1CC1CC1. The predicted octanol–water partition coefficient (Wildman–Crippen LogP) is 4.09. The van der Waals surface area contributed by atoms with Crippen LogP contribution in [-0.4, -0.2) is 16.1 Å². The van der Waals surface area contributed by atoms with Gasteiger partial charge in [-0.2, -0.15) is 0 Å². The smallest absolute Gasteiger partial charge is 0.352 e. The highest BCUT2D eigenvalue weighted by Crippen LogP contribution is 2.35. The lowest BCUT2D eigenvalue weighted by Gasteiger charge is -1.98. The second-order valence-corrected chi connectivity index (χ2v) is 5.96. The van der Waals surface area contributed by atoms with Crippen LogP contribution in [-0.2, 0) is 6.42 Å².